The quantitative estimate of drug-likeness (QED) is 0.823. The third-order valence-electron chi connectivity index (χ3n) is 5.83. The van der Waals surface area contributed by atoms with Crippen LogP contribution in [0.25, 0.3) is 10.9 Å². The number of fused-ring (bicyclic) bond motifs is 1. The third-order valence-corrected chi connectivity index (χ3v) is 5.83. The first-order valence-electron chi connectivity index (χ1n) is 9.73. The van der Waals surface area contributed by atoms with Gasteiger partial charge in [-0.3, -0.25) is 14.3 Å². The molecule has 0 bridgehead atoms. The maximum atomic E-state index is 12.8. The van der Waals surface area contributed by atoms with E-state index in [2.05, 4.69) is 26.9 Å². The molecule has 0 spiro atoms. The van der Waals surface area contributed by atoms with Gasteiger partial charge < -0.3 is 9.64 Å². The van der Waals surface area contributed by atoms with Crippen LogP contribution in [-0.4, -0.2) is 60.9 Å². The maximum absolute atomic E-state index is 12.8. The maximum Gasteiger partial charge on any atom is 0.261 e. The predicted octanol–water partition coefficient (Wildman–Crippen LogP) is 2.28. The van der Waals surface area contributed by atoms with E-state index in [1.165, 1.54) is 12.8 Å². The standard InChI is InChI=1S/C20H28N4O2/c1-26-13-12-22-8-10-23(11-9-22)17-6-7-18-19(14-17)21-15-24(20(18)25)16-4-2-3-5-16/h6-7,14-16H,2-5,8-13H2,1H3. The van der Waals surface area contributed by atoms with Crippen LogP contribution in [0.2, 0.25) is 0 Å². The summed E-state index contributed by atoms with van der Waals surface area (Å²) in [5.74, 6) is 0. The smallest absolute Gasteiger partial charge is 0.261 e. The average molecular weight is 356 g/mol. The second-order valence-corrected chi connectivity index (χ2v) is 7.42. The van der Waals surface area contributed by atoms with Gasteiger partial charge in [0, 0.05) is 51.6 Å². The van der Waals surface area contributed by atoms with Crippen molar-refractivity contribution in [1.82, 2.24) is 14.5 Å². The fourth-order valence-electron chi connectivity index (χ4n) is 4.21. The van der Waals surface area contributed by atoms with Crippen LogP contribution in [0, 0.1) is 0 Å². The van der Waals surface area contributed by atoms with Crippen molar-refractivity contribution in [3.05, 3.63) is 34.9 Å². The summed E-state index contributed by atoms with van der Waals surface area (Å²) >= 11 is 0. The number of benzene rings is 1. The monoisotopic (exact) mass is 356 g/mol. The van der Waals surface area contributed by atoms with Gasteiger partial charge in [0.1, 0.15) is 0 Å². The number of piperazine rings is 1. The molecule has 6 heteroatoms. The van der Waals surface area contributed by atoms with Gasteiger partial charge >= 0.3 is 0 Å². The van der Waals surface area contributed by atoms with Gasteiger partial charge in [-0.05, 0) is 31.0 Å². The van der Waals surface area contributed by atoms with Crippen LogP contribution >= 0.6 is 0 Å². The highest BCUT2D eigenvalue weighted by Crippen LogP contribution is 2.28. The highest BCUT2D eigenvalue weighted by molar-refractivity contribution is 5.81. The first-order valence-corrected chi connectivity index (χ1v) is 9.73. The summed E-state index contributed by atoms with van der Waals surface area (Å²) in [6.45, 7) is 5.84. The lowest BCUT2D eigenvalue weighted by Gasteiger charge is -2.36. The summed E-state index contributed by atoms with van der Waals surface area (Å²) in [7, 11) is 1.75. The number of anilines is 1. The molecule has 2 aromatic rings. The van der Waals surface area contributed by atoms with Crippen molar-refractivity contribution >= 4 is 16.6 Å². The van der Waals surface area contributed by atoms with Crippen LogP contribution in [0.5, 0.6) is 0 Å². The molecule has 1 aromatic carbocycles. The average Bonchev–Trinajstić information content (AvgIpc) is 3.21. The van der Waals surface area contributed by atoms with Crippen molar-refractivity contribution in [3.8, 4) is 0 Å². The van der Waals surface area contributed by atoms with Gasteiger partial charge in [-0.2, -0.15) is 0 Å². The van der Waals surface area contributed by atoms with Crippen LogP contribution in [0.1, 0.15) is 31.7 Å². The van der Waals surface area contributed by atoms with E-state index >= 15 is 0 Å². The molecule has 26 heavy (non-hydrogen) atoms. The molecular weight excluding hydrogens is 328 g/mol. The first-order chi connectivity index (χ1) is 12.8. The van der Waals surface area contributed by atoms with E-state index in [1.54, 1.807) is 13.4 Å². The Bertz CT molecular complexity index is 805. The Balaban J connectivity index is 1.51. The van der Waals surface area contributed by atoms with Crippen molar-refractivity contribution in [2.45, 2.75) is 31.7 Å². The molecule has 2 heterocycles. The normalized spacial score (nSPS) is 19.5. The Kier molecular flexibility index (Phi) is 5.22. The zero-order valence-electron chi connectivity index (χ0n) is 15.6. The van der Waals surface area contributed by atoms with E-state index in [0.29, 0.717) is 6.04 Å². The fourth-order valence-corrected chi connectivity index (χ4v) is 4.21. The molecule has 0 unspecified atom stereocenters. The van der Waals surface area contributed by atoms with E-state index in [4.69, 9.17) is 4.74 Å². The Labute approximate surface area is 154 Å². The lowest BCUT2D eigenvalue weighted by Crippen LogP contribution is -2.47. The Morgan fingerprint density at radius 3 is 2.65 bits per heavy atom. The second kappa shape index (κ2) is 7.76. The molecular formula is C20H28N4O2. The SMILES string of the molecule is COCCN1CCN(c2ccc3c(=O)n(C4CCCC4)cnc3c2)CC1. The molecule has 1 aromatic heterocycles. The molecule has 2 fully saturated rings. The molecule has 0 atom stereocenters. The van der Waals surface area contributed by atoms with Crippen LogP contribution in [0.15, 0.2) is 29.3 Å². The van der Waals surface area contributed by atoms with Crippen molar-refractivity contribution in [3.63, 3.8) is 0 Å². The zero-order chi connectivity index (χ0) is 17.9. The molecule has 2 aliphatic rings. The number of hydrogen-bond acceptors (Lipinski definition) is 5. The van der Waals surface area contributed by atoms with Gasteiger partial charge in [0.15, 0.2) is 0 Å². The number of nitrogens with zero attached hydrogens (tertiary/aromatic N) is 4. The summed E-state index contributed by atoms with van der Waals surface area (Å²) in [6, 6.07) is 6.44. The molecule has 140 valence electrons. The van der Waals surface area contributed by atoms with Gasteiger partial charge in [0.2, 0.25) is 0 Å². The molecule has 4 rings (SSSR count). The number of aromatic nitrogens is 2. The lowest BCUT2D eigenvalue weighted by molar-refractivity contribution is 0.144. The van der Waals surface area contributed by atoms with Crippen molar-refractivity contribution in [2.24, 2.45) is 0 Å². The van der Waals surface area contributed by atoms with Crippen LogP contribution < -0.4 is 10.5 Å². The van der Waals surface area contributed by atoms with E-state index in [9.17, 15) is 4.79 Å². The summed E-state index contributed by atoms with van der Waals surface area (Å²) < 4.78 is 7.02. The highest BCUT2D eigenvalue weighted by Gasteiger charge is 2.20. The van der Waals surface area contributed by atoms with Crippen LogP contribution in [-0.2, 0) is 4.74 Å². The molecule has 6 nitrogen and oxygen atoms in total. The Morgan fingerprint density at radius 2 is 1.92 bits per heavy atom. The summed E-state index contributed by atoms with van der Waals surface area (Å²) in [5.41, 5.74) is 2.08. The first kappa shape index (κ1) is 17.5. The number of hydrogen-bond donors (Lipinski definition) is 0. The predicted molar refractivity (Wildman–Crippen MR) is 104 cm³/mol. The van der Waals surface area contributed by atoms with Crippen molar-refractivity contribution < 1.29 is 4.74 Å². The molecule has 1 aliphatic heterocycles. The number of ether oxygens (including phenoxy) is 1. The summed E-state index contributed by atoms with van der Waals surface area (Å²) in [5, 5.41) is 0.738. The third kappa shape index (κ3) is 3.48. The minimum atomic E-state index is 0.109. The van der Waals surface area contributed by atoms with Crippen LogP contribution in [0.4, 0.5) is 5.69 Å². The van der Waals surface area contributed by atoms with Gasteiger partial charge in [0.05, 0.1) is 23.8 Å². The largest absolute Gasteiger partial charge is 0.383 e. The van der Waals surface area contributed by atoms with E-state index in [0.717, 1.165) is 68.8 Å². The zero-order valence-corrected chi connectivity index (χ0v) is 15.6. The summed E-state index contributed by atoms with van der Waals surface area (Å²) in [4.78, 5) is 22.3. The molecule has 0 amide bonds. The van der Waals surface area contributed by atoms with Crippen molar-refractivity contribution in [1.29, 1.82) is 0 Å². The molecule has 0 N–H and O–H groups in total. The minimum absolute atomic E-state index is 0.109. The van der Waals surface area contributed by atoms with E-state index in [-0.39, 0.29) is 5.56 Å². The van der Waals surface area contributed by atoms with Crippen LogP contribution in [0.3, 0.4) is 0 Å². The Hall–Kier alpha value is -1.92. The van der Waals surface area contributed by atoms with E-state index < -0.39 is 0 Å². The van der Waals surface area contributed by atoms with Crippen molar-refractivity contribution in [2.75, 3.05) is 51.3 Å². The van der Waals surface area contributed by atoms with E-state index in [1.807, 2.05) is 10.6 Å². The molecule has 1 saturated carbocycles. The Morgan fingerprint density at radius 1 is 1.15 bits per heavy atom. The van der Waals surface area contributed by atoms with Gasteiger partial charge in [-0.1, -0.05) is 12.8 Å². The lowest BCUT2D eigenvalue weighted by atomic mass is 10.1. The fraction of sp³-hybridized carbons (Fsp3) is 0.600. The molecule has 1 saturated heterocycles. The summed E-state index contributed by atoms with van der Waals surface area (Å²) in [6.07, 6.45) is 6.37. The van der Waals surface area contributed by atoms with Gasteiger partial charge in [-0.15, -0.1) is 0 Å². The minimum Gasteiger partial charge on any atom is -0.383 e. The second-order valence-electron chi connectivity index (χ2n) is 7.42. The number of methoxy groups -OCH3 is 1. The van der Waals surface area contributed by atoms with Gasteiger partial charge in [-0.25, -0.2) is 4.98 Å². The van der Waals surface area contributed by atoms with Gasteiger partial charge in [0.25, 0.3) is 5.56 Å². The molecule has 1 aliphatic carbocycles. The highest BCUT2D eigenvalue weighted by atomic mass is 16.5. The topological polar surface area (TPSA) is 50.6 Å². The number of rotatable bonds is 5. The molecule has 0 radical (unpaired) electrons.